The van der Waals surface area contributed by atoms with Crippen LogP contribution in [-0.4, -0.2) is 75.3 Å². The molecule has 0 aliphatic heterocycles. The highest BCUT2D eigenvalue weighted by atomic mass is 28.4. The quantitative estimate of drug-likeness (QED) is 0.223. The van der Waals surface area contributed by atoms with Crippen molar-refractivity contribution in [3.05, 3.63) is 24.5 Å². The van der Waals surface area contributed by atoms with Gasteiger partial charge in [-0.2, -0.15) is 0 Å². The smallest absolute Gasteiger partial charge is 0.374 e. The van der Waals surface area contributed by atoms with Crippen molar-refractivity contribution in [3.63, 3.8) is 0 Å². The normalized spacial score (nSPS) is 12.3. The van der Waals surface area contributed by atoms with Gasteiger partial charge in [0.05, 0.1) is 0 Å². The van der Waals surface area contributed by atoms with Gasteiger partial charge in [-0.15, -0.1) is 0 Å². The van der Waals surface area contributed by atoms with Gasteiger partial charge >= 0.3 is 17.6 Å². The average molecular weight is 503 g/mol. The minimum absolute atomic E-state index is 0.597. The zero-order valence-corrected chi connectivity index (χ0v) is 23.6. The van der Waals surface area contributed by atoms with Gasteiger partial charge in [0.25, 0.3) is 0 Å². The van der Waals surface area contributed by atoms with Crippen LogP contribution in [0.3, 0.4) is 0 Å². The highest BCUT2D eigenvalue weighted by molar-refractivity contribution is 6.61. The van der Waals surface area contributed by atoms with E-state index in [-0.39, 0.29) is 0 Å². The summed E-state index contributed by atoms with van der Waals surface area (Å²) in [5, 5.41) is 0. The van der Waals surface area contributed by atoms with E-state index in [1.54, 1.807) is 0 Å². The van der Waals surface area contributed by atoms with Gasteiger partial charge in [0.1, 0.15) is 0 Å². The molecule has 8 nitrogen and oxygen atoms in total. The summed E-state index contributed by atoms with van der Waals surface area (Å²) < 4.78 is 36.2. The fourth-order valence-electron chi connectivity index (χ4n) is 3.90. The lowest BCUT2D eigenvalue weighted by atomic mass is 10.3. The molecule has 33 heavy (non-hydrogen) atoms. The molecule has 0 unspecified atom stereocenters. The van der Waals surface area contributed by atoms with Crippen LogP contribution in [-0.2, 0) is 26.6 Å². The van der Waals surface area contributed by atoms with Gasteiger partial charge in [-0.05, 0) is 66.5 Å². The van der Waals surface area contributed by atoms with Gasteiger partial charge in [-0.3, -0.25) is 4.98 Å². The molecule has 0 bridgehead atoms. The van der Waals surface area contributed by atoms with Gasteiger partial charge in [-0.1, -0.05) is 0 Å². The summed E-state index contributed by atoms with van der Waals surface area (Å²) in [5.41, 5.74) is 1.15. The van der Waals surface area contributed by atoms with Crippen LogP contribution in [0.4, 0.5) is 5.69 Å². The lowest BCUT2D eigenvalue weighted by Gasteiger charge is -2.31. The molecule has 0 saturated carbocycles. The summed E-state index contributed by atoms with van der Waals surface area (Å²) in [4.78, 5) is 6.56. The van der Waals surface area contributed by atoms with Crippen LogP contribution in [0.1, 0.15) is 54.4 Å². The zero-order chi connectivity index (χ0) is 24.4. The molecule has 0 atom stereocenters. The Morgan fingerprint density at radius 1 is 0.606 bits per heavy atom. The third-order valence-corrected chi connectivity index (χ3v) is 11.3. The summed E-state index contributed by atoms with van der Waals surface area (Å²) in [6, 6.07) is 5.69. The van der Waals surface area contributed by atoms with Crippen LogP contribution >= 0.6 is 0 Å². The predicted octanol–water partition coefficient (Wildman–Crippen LogP) is 4.77. The standard InChI is InChI=1S/C23H46N2O6Si2/c1-7-26-32(27-8-2,28-9-3)21-13-19-25(23-15-17-24-18-16-23)20-14-22-33(29-10-4,30-11-5)31-12-6/h15-18H,7-14,19-22H2,1-6H3. The minimum Gasteiger partial charge on any atom is -0.374 e. The lowest BCUT2D eigenvalue weighted by Crippen LogP contribution is -2.47. The predicted molar refractivity (Wildman–Crippen MR) is 137 cm³/mol. The van der Waals surface area contributed by atoms with Gasteiger partial charge in [0.2, 0.25) is 0 Å². The molecule has 0 aromatic carbocycles. The van der Waals surface area contributed by atoms with E-state index in [4.69, 9.17) is 26.6 Å². The van der Waals surface area contributed by atoms with Crippen LogP contribution in [0.5, 0.6) is 0 Å². The molecule has 0 aliphatic carbocycles. The van der Waals surface area contributed by atoms with Gasteiger partial charge in [-0.25, -0.2) is 0 Å². The maximum Gasteiger partial charge on any atom is 0.500 e. The molecule has 0 amide bonds. The van der Waals surface area contributed by atoms with Gasteiger partial charge < -0.3 is 31.5 Å². The zero-order valence-electron chi connectivity index (χ0n) is 21.6. The van der Waals surface area contributed by atoms with E-state index in [2.05, 4.69) is 22.0 Å². The molecule has 192 valence electrons. The van der Waals surface area contributed by atoms with Crippen LogP contribution < -0.4 is 4.90 Å². The second-order valence-electron chi connectivity index (χ2n) is 7.36. The molecule has 0 N–H and O–H groups in total. The van der Waals surface area contributed by atoms with Crippen molar-refractivity contribution in [3.8, 4) is 0 Å². The average Bonchev–Trinajstić information content (AvgIpc) is 2.80. The second kappa shape index (κ2) is 17.6. The van der Waals surface area contributed by atoms with Gasteiger partial charge in [0.15, 0.2) is 0 Å². The molecule has 1 aromatic heterocycles. The number of rotatable bonds is 21. The van der Waals surface area contributed by atoms with Crippen molar-refractivity contribution < 1.29 is 26.6 Å². The first-order chi connectivity index (χ1) is 16.0. The number of aromatic nitrogens is 1. The lowest BCUT2D eigenvalue weighted by molar-refractivity contribution is 0.0705. The van der Waals surface area contributed by atoms with E-state index in [1.165, 1.54) is 0 Å². The van der Waals surface area contributed by atoms with E-state index >= 15 is 0 Å². The van der Waals surface area contributed by atoms with E-state index in [9.17, 15) is 0 Å². The molecule has 0 radical (unpaired) electrons. The summed E-state index contributed by atoms with van der Waals surface area (Å²) in [5.74, 6) is 0. The Morgan fingerprint density at radius 2 is 0.939 bits per heavy atom. The molecule has 0 spiro atoms. The Kier molecular flexibility index (Phi) is 16.1. The third-order valence-electron chi connectivity index (χ3n) is 5.04. The summed E-state index contributed by atoms with van der Waals surface area (Å²) in [7, 11) is -5.30. The largest absolute Gasteiger partial charge is 0.500 e. The molecule has 0 saturated heterocycles. The second-order valence-corrected chi connectivity index (χ2v) is 12.8. The Bertz CT molecular complexity index is 534. The van der Waals surface area contributed by atoms with Crippen molar-refractivity contribution in [2.24, 2.45) is 0 Å². The topological polar surface area (TPSA) is 71.5 Å². The molecule has 1 rings (SSSR count). The fourth-order valence-corrected chi connectivity index (χ4v) is 9.09. The molecule has 10 heteroatoms. The Hall–Kier alpha value is -0.856. The Balaban J connectivity index is 2.84. The first kappa shape index (κ1) is 30.2. The van der Waals surface area contributed by atoms with E-state index < -0.39 is 17.6 Å². The molecule has 1 heterocycles. The first-order valence-electron chi connectivity index (χ1n) is 12.5. The number of nitrogens with zero attached hydrogens (tertiary/aromatic N) is 2. The van der Waals surface area contributed by atoms with E-state index in [0.717, 1.165) is 43.7 Å². The van der Waals surface area contributed by atoms with Crippen molar-refractivity contribution in [2.75, 3.05) is 57.6 Å². The number of anilines is 1. The first-order valence-corrected chi connectivity index (χ1v) is 16.4. The van der Waals surface area contributed by atoms with Gasteiger partial charge in [0, 0.05) is 82.9 Å². The maximum atomic E-state index is 6.03. The number of hydrogen-bond donors (Lipinski definition) is 0. The number of hydrogen-bond acceptors (Lipinski definition) is 8. The van der Waals surface area contributed by atoms with Crippen LogP contribution in [0.15, 0.2) is 24.5 Å². The Labute approximate surface area is 203 Å². The van der Waals surface area contributed by atoms with Crippen molar-refractivity contribution >= 4 is 23.3 Å². The summed E-state index contributed by atoms with van der Waals surface area (Å²) in [6.45, 7) is 17.3. The minimum atomic E-state index is -2.65. The summed E-state index contributed by atoms with van der Waals surface area (Å²) >= 11 is 0. The third kappa shape index (κ3) is 11.0. The highest BCUT2D eigenvalue weighted by Crippen LogP contribution is 2.23. The van der Waals surface area contributed by atoms with Crippen LogP contribution in [0.2, 0.25) is 12.1 Å². The summed E-state index contributed by atoms with van der Waals surface area (Å²) in [6.07, 6.45) is 5.50. The van der Waals surface area contributed by atoms with E-state index in [1.807, 2.05) is 53.9 Å². The molecular formula is C23H46N2O6Si2. The van der Waals surface area contributed by atoms with Crippen molar-refractivity contribution in [2.45, 2.75) is 66.5 Å². The SMILES string of the molecule is CCO[Si](CCCN(CCC[Si](OCC)(OCC)OCC)c1ccncc1)(OCC)OCC. The van der Waals surface area contributed by atoms with Crippen LogP contribution in [0.25, 0.3) is 0 Å². The number of pyridine rings is 1. The Morgan fingerprint density at radius 3 is 1.24 bits per heavy atom. The van der Waals surface area contributed by atoms with Crippen molar-refractivity contribution in [1.29, 1.82) is 0 Å². The highest BCUT2D eigenvalue weighted by Gasteiger charge is 2.41. The molecular weight excluding hydrogens is 456 g/mol. The van der Waals surface area contributed by atoms with Crippen molar-refractivity contribution in [1.82, 2.24) is 4.98 Å². The fraction of sp³-hybridized carbons (Fsp3) is 0.783. The molecule has 1 aromatic rings. The monoisotopic (exact) mass is 502 g/mol. The molecule has 0 aliphatic rings. The van der Waals surface area contributed by atoms with E-state index in [0.29, 0.717) is 39.6 Å². The maximum absolute atomic E-state index is 6.03. The van der Waals surface area contributed by atoms with Crippen LogP contribution in [0, 0.1) is 0 Å². The molecule has 0 fully saturated rings.